The molecule has 7 nitrogen and oxygen atoms in total. The Bertz CT molecular complexity index is 477. The maximum Gasteiger partial charge on any atom is 0.327 e. The average molecular weight is 267 g/mol. The molecule has 7 heteroatoms. The number of anilines is 1. The second kappa shape index (κ2) is 5.40. The molecule has 2 heterocycles. The van der Waals surface area contributed by atoms with Crippen molar-refractivity contribution in [2.75, 3.05) is 19.0 Å². The lowest BCUT2D eigenvalue weighted by molar-refractivity contribution is -0.141. The maximum absolute atomic E-state index is 12.1. The number of nitrogens with one attached hydrogen (secondary N) is 1. The van der Waals surface area contributed by atoms with Crippen LogP contribution in [0.3, 0.4) is 0 Å². The summed E-state index contributed by atoms with van der Waals surface area (Å²) in [5, 5.41) is 6.70. The van der Waals surface area contributed by atoms with E-state index in [1.807, 2.05) is 0 Å². The van der Waals surface area contributed by atoms with Gasteiger partial charge in [-0.25, -0.2) is 0 Å². The van der Waals surface area contributed by atoms with Crippen molar-refractivity contribution in [2.24, 2.45) is 0 Å². The van der Waals surface area contributed by atoms with Crippen LogP contribution in [0.15, 0.2) is 12.4 Å². The largest absolute Gasteiger partial charge is 0.468 e. The zero-order chi connectivity index (χ0) is 13.9. The van der Waals surface area contributed by atoms with Crippen LogP contribution in [0.2, 0.25) is 0 Å². The summed E-state index contributed by atoms with van der Waals surface area (Å²) >= 11 is 0. The van der Waals surface area contributed by atoms with Gasteiger partial charge >= 0.3 is 5.97 Å². The number of hydrogen-bond donors (Lipinski definition) is 1. The number of nitrogens with zero attached hydrogens (tertiary/aromatic N) is 2. The number of carbonyl (C=O) groups is 2. The fourth-order valence-corrected chi connectivity index (χ4v) is 1.93. The Balaban J connectivity index is 1.96. The molecular weight excluding hydrogens is 250 g/mol. The number of carbonyl (C=O) groups excluding carboxylic acids is 2. The van der Waals surface area contributed by atoms with E-state index in [0.717, 1.165) is 6.42 Å². The lowest BCUT2D eigenvalue weighted by atomic mass is 10.0. The van der Waals surface area contributed by atoms with Gasteiger partial charge < -0.3 is 14.8 Å². The predicted octanol–water partition coefficient (Wildman–Crippen LogP) is 0.564. The van der Waals surface area contributed by atoms with E-state index in [4.69, 9.17) is 4.74 Å². The van der Waals surface area contributed by atoms with E-state index in [9.17, 15) is 9.59 Å². The predicted molar refractivity (Wildman–Crippen MR) is 66.5 cm³/mol. The van der Waals surface area contributed by atoms with Gasteiger partial charge in [0.2, 0.25) is 0 Å². The first-order chi connectivity index (χ1) is 9.03. The Morgan fingerprint density at radius 2 is 2.42 bits per heavy atom. The monoisotopic (exact) mass is 267 g/mol. The molecule has 1 aliphatic rings. The molecule has 0 saturated carbocycles. The molecule has 0 radical (unpaired) electrons. The summed E-state index contributed by atoms with van der Waals surface area (Å²) in [6, 6.07) is 0. The van der Waals surface area contributed by atoms with Crippen LogP contribution in [-0.2, 0) is 25.6 Å². The summed E-state index contributed by atoms with van der Waals surface area (Å²) in [5.74, 6) is -0.588. The normalized spacial score (nSPS) is 22.2. The highest BCUT2D eigenvalue weighted by molar-refractivity contribution is 5.97. The van der Waals surface area contributed by atoms with Crippen molar-refractivity contribution < 1.29 is 19.1 Å². The second-order valence-corrected chi connectivity index (χ2v) is 4.64. The zero-order valence-corrected chi connectivity index (χ0v) is 11.0. The van der Waals surface area contributed by atoms with Gasteiger partial charge in [-0.1, -0.05) is 0 Å². The van der Waals surface area contributed by atoms with E-state index in [-0.39, 0.29) is 12.5 Å². The first-order valence-electron chi connectivity index (χ1n) is 6.08. The minimum absolute atomic E-state index is 0.0140. The Hall–Kier alpha value is -1.89. The van der Waals surface area contributed by atoms with Crippen LogP contribution in [0, 0.1) is 0 Å². The van der Waals surface area contributed by atoms with Crippen molar-refractivity contribution in [3.63, 3.8) is 0 Å². The highest BCUT2D eigenvalue weighted by Crippen LogP contribution is 2.26. The SMILES string of the molecule is COC(=O)Cn1cc(NC(=O)C2(C)CCCO2)cn1. The van der Waals surface area contributed by atoms with Crippen LogP contribution >= 0.6 is 0 Å². The summed E-state index contributed by atoms with van der Waals surface area (Å²) < 4.78 is 11.4. The van der Waals surface area contributed by atoms with E-state index < -0.39 is 11.6 Å². The van der Waals surface area contributed by atoms with Gasteiger partial charge in [-0.05, 0) is 19.8 Å². The Morgan fingerprint density at radius 1 is 1.63 bits per heavy atom. The van der Waals surface area contributed by atoms with Crippen LogP contribution < -0.4 is 5.32 Å². The molecule has 1 aliphatic heterocycles. The van der Waals surface area contributed by atoms with Crippen molar-refractivity contribution >= 4 is 17.6 Å². The molecule has 19 heavy (non-hydrogen) atoms. The van der Waals surface area contributed by atoms with Crippen LogP contribution in [0.25, 0.3) is 0 Å². The molecule has 1 fully saturated rings. The number of methoxy groups -OCH3 is 1. The van der Waals surface area contributed by atoms with Crippen molar-refractivity contribution in [1.29, 1.82) is 0 Å². The molecular formula is C12H17N3O4. The van der Waals surface area contributed by atoms with Gasteiger partial charge in [0.15, 0.2) is 0 Å². The van der Waals surface area contributed by atoms with Gasteiger partial charge in [0.05, 0.1) is 19.0 Å². The summed E-state index contributed by atoms with van der Waals surface area (Å²) in [5.41, 5.74) is -0.240. The number of rotatable bonds is 4. The number of esters is 1. The molecule has 1 aromatic rings. The van der Waals surface area contributed by atoms with Gasteiger partial charge in [0, 0.05) is 12.8 Å². The van der Waals surface area contributed by atoms with Gasteiger partial charge in [-0.15, -0.1) is 0 Å². The lowest BCUT2D eigenvalue weighted by Crippen LogP contribution is -2.39. The zero-order valence-electron chi connectivity index (χ0n) is 11.0. The van der Waals surface area contributed by atoms with Crippen LogP contribution in [-0.4, -0.2) is 41.0 Å². The molecule has 2 rings (SSSR count). The Labute approximate surface area is 110 Å². The summed E-state index contributed by atoms with van der Waals surface area (Å²) in [6.07, 6.45) is 4.65. The lowest BCUT2D eigenvalue weighted by Gasteiger charge is -2.21. The van der Waals surface area contributed by atoms with Crippen molar-refractivity contribution in [1.82, 2.24) is 9.78 Å². The maximum atomic E-state index is 12.1. The molecule has 104 valence electrons. The minimum atomic E-state index is -0.773. The van der Waals surface area contributed by atoms with E-state index in [0.29, 0.717) is 18.7 Å². The molecule has 1 N–H and O–H groups in total. The van der Waals surface area contributed by atoms with Crippen LogP contribution in [0.4, 0.5) is 5.69 Å². The summed E-state index contributed by atoms with van der Waals surface area (Å²) in [7, 11) is 1.31. The quantitative estimate of drug-likeness (QED) is 0.806. The topological polar surface area (TPSA) is 82.5 Å². The highest BCUT2D eigenvalue weighted by atomic mass is 16.5. The number of ether oxygens (including phenoxy) is 2. The first-order valence-corrected chi connectivity index (χ1v) is 6.08. The standard InChI is InChI=1S/C12H17N3O4/c1-12(4-3-5-19-12)11(17)14-9-6-13-15(7-9)8-10(16)18-2/h6-7H,3-5,8H2,1-2H3,(H,14,17). The van der Waals surface area contributed by atoms with Crippen LogP contribution in [0.1, 0.15) is 19.8 Å². The number of amides is 1. The summed E-state index contributed by atoms with van der Waals surface area (Å²) in [4.78, 5) is 23.1. The molecule has 1 saturated heterocycles. The van der Waals surface area contributed by atoms with Gasteiger partial charge in [-0.2, -0.15) is 5.10 Å². The minimum Gasteiger partial charge on any atom is -0.468 e. The first kappa shape index (κ1) is 13.5. The third kappa shape index (κ3) is 3.11. The van der Waals surface area contributed by atoms with Crippen molar-refractivity contribution in [3.8, 4) is 0 Å². The van der Waals surface area contributed by atoms with Gasteiger partial charge in [0.25, 0.3) is 5.91 Å². The highest BCUT2D eigenvalue weighted by Gasteiger charge is 2.37. The Morgan fingerprint density at radius 3 is 3.05 bits per heavy atom. The molecule has 0 aliphatic carbocycles. The molecule has 1 amide bonds. The number of aromatic nitrogens is 2. The van der Waals surface area contributed by atoms with Crippen molar-refractivity contribution in [2.45, 2.75) is 31.9 Å². The van der Waals surface area contributed by atoms with Gasteiger partial charge in [-0.3, -0.25) is 14.3 Å². The molecule has 0 bridgehead atoms. The average Bonchev–Trinajstić information content (AvgIpc) is 2.99. The second-order valence-electron chi connectivity index (χ2n) is 4.64. The fraction of sp³-hybridized carbons (Fsp3) is 0.583. The molecule has 0 spiro atoms. The molecule has 1 atom stereocenters. The summed E-state index contributed by atoms with van der Waals surface area (Å²) in [6.45, 7) is 2.39. The van der Waals surface area contributed by atoms with Crippen molar-refractivity contribution in [3.05, 3.63) is 12.4 Å². The molecule has 0 aromatic carbocycles. The molecule has 1 aromatic heterocycles. The Kier molecular flexibility index (Phi) is 3.84. The van der Waals surface area contributed by atoms with E-state index in [1.165, 1.54) is 18.0 Å². The third-order valence-electron chi connectivity index (χ3n) is 3.11. The third-order valence-corrected chi connectivity index (χ3v) is 3.11. The van der Waals surface area contributed by atoms with Crippen LogP contribution in [0.5, 0.6) is 0 Å². The van der Waals surface area contributed by atoms with Gasteiger partial charge in [0.1, 0.15) is 12.1 Å². The number of hydrogen-bond acceptors (Lipinski definition) is 5. The molecule has 1 unspecified atom stereocenters. The smallest absolute Gasteiger partial charge is 0.327 e. The van der Waals surface area contributed by atoms with E-state index >= 15 is 0 Å². The van der Waals surface area contributed by atoms with E-state index in [1.54, 1.807) is 13.1 Å². The van der Waals surface area contributed by atoms with E-state index in [2.05, 4.69) is 15.2 Å². The fourth-order valence-electron chi connectivity index (χ4n) is 1.93.